The normalized spacial score (nSPS) is 13.8. The van der Waals surface area contributed by atoms with Crippen molar-refractivity contribution in [3.05, 3.63) is 267 Å². The Balaban J connectivity index is 0.000000293. The lowest BCUT2D eigenvalue weighted by Gasteiger charge is -2.45. The second-order valence-electron chi connectivity index (χ2n) is 31.9. The molecule has 144 heavy (non-hydrogen) atoms. The average molecular weight is 2040 g/mol. The molecule has 1 atom stereocenters. The van der Waals surface area contributed by atoms with Crippen molar-refractivity contribution < 1.29 is 181 Å². The van der Waals surface area contributed by atoms with Crippen LogP contribution in [0, 0.1) is 5.41 Å². The van der Waals surface area contributed by atoms with Crippen LogP contribution in [0.5, 0.6) is 34.5 Å². The van der Waals surface area contributed by atoms with Crippen molar-refractivity contribution >= 4 is 94.7 Å². The van der Waals surface area contributed by atoms with E-state index < -0.39 is 139 Å². The number of benzene rings is 8. The highest BCUT2D eigenvalue weighted by Crippen LogP contribution is 2.45. The van der Waals surface area contributed by atoms with Gasteiger partial charge in [0.15, 0.2) is 0 Å². The van der Waals surface area contributed by atoms with E-state index in [1.165, 1.54) is 176 Å². The minimum Gasteiger partial charge on any atom is -0.494 e. The molecule has 0 amide bonds. The molecule has 1 aliphatic rings. The molecular formula is C99H101F15N6O24. The van der Waals surface area contributed by atoms with Crippen LogP contribution >= 0.6 is 0 Å². The molecule has 0 heterocycles. The molecule has 1 unspecified atom stereocenters. The van der Waals surface area contributed by atoms with Crippen LogP contribution in [-0.4, -0.2) is 190 Å². The second kappa shape index (κ2) is 53.7. The second-order valence-corrected chi connectivity index (χ2v) is 31.9. The van der Waals surface area contributed by atoms with Crippen molar-refractivity contribution in [1.82, 2.24) is 0 Å². The van der Waals surface area contributed by atoms with Gasteiger partial charge in [-0.05, 0) is 237 Å². The summed E-state index contributed by atoms with van der Waals surface area (Å²) in [5, 5.41) is 28.2. The van der Waals surface area contributed by atoms with Crippen molar-refractivity contribution in [2.24, 2.45) is 16.9 Å². The summed E-state index contributed by atoms with van der Waals surface area (Å²) in [5.74, 6) is -20.6. The molecule has 0 spiro atoms. The highest BCUT2D eigenvalue weighted by molar-refractivity contribution is 5.96. The van der Waals surface area contributed by atoms with E-state index in [4.69, 9.17) is 91.2 Å². The summed E-state index contributed by atoms with van der Waals surface area (Å²) in [7, 11) is 0. The summed E-state index contributed by atoms with van der Waals surface area (Å²) < 4.78 is 251. The molecule has 30 nitrogen and oxygen atoms in total. The molecule has 15 N–H and O–H groups in total. The van der Waals surface area contributed by atoms with Crippen molar-refractivity contribution in [2.75, 3.05) is 102 Å². The Labute approximate surface area is 813 Å². The Kier molecular flexibility index (Phi) is 43.2. The minimum absolute atomic E-state index is 0.00398. The van der Waals surface area contributed by atoms with Crippen molar-refractivity contribution in [3.63, 3.8) is 0 Å². The molecule has 9 rings (SSSR count). The lowest BCUT2D eigenvalue weighted by atomic mass is 9.63. The summed E-state index contributed by atoms with van der Waals surface area (Å²) in [6, 6.07) is 40.4. The van der Waals surface area contributed by atoms with E-state index in [1.54, 1.807) is 56.3 Å². The molecule has 0 radical (unpaired) electrons. The van der Waals surface area contributed by atoms with Gasteiger partial charge in [0, 0.05) is 82.5 Å². The number of allylic oxidation sites excluding steroid dienone is 1. The smallest absolute Gasteiger partial charge is 0.453 e. The standard InChI is InChI=1S/C34H35F5N2O9.C33H35F5N2O7.C32H31F5N2O8/c35-33(36,34(37,38)39)13-1-14-48-25-9-5-23(6-10-25)32(45)50-26-7-2-22(3-8-26)4-11-30(42)49-19-18-47-17-16-46-15-12-27-28(31(43)44)20-24(40)21-29(27)41;1-30(2)26(28(42)43)19-23(39)20-31(30,40)15-3-18-46-27(41)14-7-21-5-10-25(11-6-21)47-29(44)22-8-12-24(13-9-22)45-17-4-16-32(34,35)33(36,37)38;33-31(34,32(35,36)37)13-1-14-45-23-9-5-21(6-10-23)30(43)47-24-7-2-20(3-8-24)4-11-28(40)46-17-16-44-15-12-25-26(29(41)42)18-22(38)19-27(25)39/h2-11,20-21H,1,12-19,40-41H2,(H,43,44);5-14,19-20H,3-4,15-18,39-40H2,1-2H3,(H,42,43);2-11,18-19H,1,12-17,38-39H2,(H,41,42)/b11-4+;14-7+;11-4+. The zero-order valence-electron chi connectivity index (χ0n) is 76.9. The molecule has 0 bridgehead atoms. The number of aromatic carboxylic acids is 2. The highest BCUT2D eigenvalue weighted by atomic mass is 19.4. The van der Waals surface area contributed by atoms with Gasteiger partial charge in [0.25, 0.3) is 0 Å². The molecule has 0 saturated heterocycles. The first-order valence-electron chi connectivity index (χ1n) is 43.5. The number of nitrogens with two attached hydrogens (primary N) is 6. The van der Waals surface area contributed by atoms with Gasteiger partial charge in [-0.25, -0.2) is 43.2 Å². The average Bonchev–Trinajstić information content (AvgIpc) is 0.749. The van der Waals surface area contributed by atoms with Gasteiger partial charge in [-0.1, -0.05) is 50.2 Å². The van der Waals surface area contributed by atoms with Gasteiger partial charge in [0.2, 0.25) is 0 Å². The molecule has 45 heteroatoms. The number of esters is 6. The fourth-order valence-corrected chi connectivity index (χ4v) is 12.9. The zero-order chi connectivity index (χ0) is 106. The number of aliphatic carboxylic acids is 1. The van der Waals surface area contributed by atoms with Crippen LogP contribution < -0.4 is 62.8 Å². The summed E-state index contributed by atoms with van der Waals surface area (Å²) in [6.45, 7) is 3.31. The van der Waals surface area contributed by atoms with E-state index in [1.807, 2.05) is 0 Å². The quantitative estimate of drug-likeness (QED) is 0.00325. The predicted molar refractivity (Wildman–Crippen MR) is 493 cm³/mol. The first-order valence-corrected chi connectivity index (χ1v) is 43.5. The SMILES string of the molecule is CC1(C)C(C(=O)O)=CC(N)=CC1(N)CCCOC(=O)/C=C/c1ccc(OC(=O)c2ccc(OCCCC(F)(F)C(F)(F)F)cc2)cc1.Nc1cc(N)c(CCOCCOC(=O)/C=C/c2ccc(OC(=O)c3ccc(OCCCC(F)(F)C(F)(F)F)cc3)cc2)c(C(=O)O)c1.Nc1cc(N)c(CCOCCOCCOC(=O)/C=C/c2ccc(OC(=O)c3ccc(OCCCC(F)(F)C(F)(F)F)cc3)cc2)c(C(=O)O)c1. The van der Waals surface area contributed by atoms with Crippen molar-refractivity contribution in [2.45, 2.75) is 120 Å². The van der Waals surface area contributed by atoms with Gasteiger partial charge < -0.3 is 107 Å². The summed E-state index contributed by atoms with van der Waals surface area (Å²) in [6.07, 6.45) is -10.3. The molecule has 0 aromatic heterocycles. The number of halogens is 15. The van der Waals surface area contributed by atoms with Crippen molar-refractivity contribution in [1.29, 1.82) is 0 Å². The third-order valence-corrected chi connectivity index (χ3v) is 20.9. The van der Waals surface area contributed by atoms with Gasteiger partial charge in [-0.2, -0.15) is 65.9 Å². The van der Waals surface area contributed by atoms with Gasteiger partial charge in [-0.3, -0.25) is 0 Å². The zero-order valence-corrected chi connectivity index (χ0v) is 76.9. The van der Waals surface area contributed by atoms with E-state index in [-0.39, 0.29) is 188 Å². The van der Waals surface area contributed by atoms with Crippen LogP contribution in [0.2, 0.25) is 0 Å². The lowest BCUT2D eigenvalue weighted by molar-refractivity contribution is -0.284. The molecule has 8 aromatic carbocycles. The lowest BCUT2D eigenvalue weighted by Crippen LogP contribution is -2.55. The van der Waals surface area contributed by atoms with E-state index in [0.717, 1.165) is 0 Å². The molecule has 0 aliphatic heterocycles. The van der Waals surface area contributed by atoms with E-state index in [2.05, 4.69) is 0 Å². The van der Waals surface area contributed by atoms with Crippen LogP contribution in [0.4, 0.5) is 88.6 Å². The molecule has 776 valence electrons. The van der Waals surface area contributed by atoms with E-state index in [9.17, 15) is 124 Å². The number of ether oxygens (including phenoxy) is 12. The summed E-state index contributed by atoms with van der Waals surface area (Å²) >= 11 is 0. The monoisotopic (exact) mass is 2040 g/mol. The number of carbonyl (C=O) groups excluding carboxylic acids is 6. The first-order chi connectivity index (χ1) is 67.7. The summed E-state index contributed by atoms with van der Waals surface area (Å²) in [4.78, 5) is 108. The third kappa shape index (κ3) is 37.4. The Morgan fingerprint density at radius 2 is 0.632 bits per heavy atom. The predicted octanol–water partition coefficient (Wildman–Crippen LogP) is 18.1. The molecule has 8 aromatic rings. The van der Waals surface area contributed by atoms with Gasteiger partial charge in [-0.15, -0.1) is 0 Å². The van der Waals surface area contributed by atoms with Crippen LogP contribution in [0.1, 0.15) is 145 Å². The number of hydrogen-bond donors (Lipinski definition) is 9. The first kappa shape index (κ1) is 116. The maximum Gasteiger partial charge on any atom is 0.453 e. The molecule has 0 fully saturated rings. The number of alkyl halides is 15. The number of hydrogen-bond acceptors (Lipinski definition) is 27. The Hall–Kier alpha value is -15.1. The fourth-order valence-electron chi connectivity index (χ4n) is 12.9. The topological polar surface area (TPSA) is 481 Å². The van der Waals surface area contributed by atoms with Gasteiger partial charge in [0.1, 0.15) is 47.7 Å². The Morgan fingerprint density at radius 3 is 0.924 bits per heavy atom. The Bertz CT molecular complexity index is 5820. The van der Waals surface area contributed by atoms with Gasteiger partial charge >= 0.3 is 90.0 Å². The fraction of sp³-hybridized carbons (Fsp3) is 0.323. The maximum absolute atomic E-state index is 13.0. The van der Waals surface area contributed by atoms with Crippen LogP contribution in [0.15, 0.2) is 212 Å². The number of carbonyl (C=O) groups is 9. The highest BCUT2D eigenvalue weighted by Gasteiger charge is 2.58. The number of rotatable bonds is 49. The molecule has 1 aliphatic carbocycles. The number of anilines is 4. The largest absolute Gasteiger partial charge is 0.494 e. The third-order valence-electron chi connectivity index (χ3n) is 20.9. The number of carboxylic acids is 3. The van der Waals surface area contributed by atoms with E-state index in [0.29, 0.717) is 40.7 Å². The number of nitrogen functional groups attached to an aromatic ring is 4. The van der Waals surface area contributed by atoms with E-state index >= 15 is 0 Å². The summed E-state index contributed by atoms with van der Waals surface area (Å²) in [5.41, 5.74) is 38.0. The van der Waals surface area contributed by atoms with Crippen LogP contribution in [0.3, 0.4) is 0 Å². The van der Waals surface area contributed by atoms with Gasteiger partial charge in [0.05, 0.1) is 93.9 Å². The molecule has 0 saturated carbocycles. The number of carboxylic acid groups (broad SMARTS) is 3. The molecular weight excluding hydrogens is 1940 g/mol. The van der Waals surface area contributed by atoms with Crippen LogP contribution in [-0.2, 0) is 60.4 Å². The van der Waals surface area contributed by atoms with Crippen molar-refractivity contribution in [3.8, 4) is 34.5 Å². The Morgan fingerprint density at radius 1 is 0.347 bits per heavy atom. The maximum atomic E-state index is 13.0. The van der Waals surface area contributed by atoms with Crippen LogP contribution in [0.25, 0.3) is 18.2 Å². The minimum atomic E-state index is -5.62.